The lowest BCUT2D eigenvalue weighted by atomic mass is 10.3. The SMILES string of the molecule is CCOC(=O)N/N=C\C1=NN(C(=O)OCC)[S@](=O)[C@@H]1C. The minimum absolute atomic E-state index is 0.157. The predicted octanol–water partition coefficient (Wildman–Crippen LogP) is 0.599. The van der Waals surface area contributed by atoms with Crippen LogP contribution in [0.4, 0.5) is 9.59 Å². The fourth-order valence-electron chi connectivity index (χ4n) is 1.22. The lowest BCUT2D eigenvalue weighted by Gasteiger charge is -2.10. The van der Waals surface area contributed by atoms with E-state index in [0.717, 1.165) is 4.41 Å². The summed E-state index contributed by atoms with van der Waals surface area (Å²) in [5, 5.41) is 6.91. The number of nitrogens with one attached hydrogen (secondary N) is 1. The molecule has 1 heterocycles. The molecule has 1 aliphatic heterocycles. The third-order valence-corrected chi connectivity index (χ3v) is 3.57. The van der Waals surface area contributed by atoms with Gasteiger partial charge in [-0.3, -0.25) is 0 Å². The molecule has 0 saturated heterocycles. The molecule has 0 aromatic heterocycles. The topological polar surface area (TPSA) is 110 Å². The van der Waals surface area contributed by atoms with Gasteiger partial charge < -0.3 is 9.47 Å². The zero-order chi connectivity index (χ0) is 15.1. The number of amides is 2. The first kappa shape index (κ1) is 16.1. The Kier molecular flexibility index (Phi) is 6.10. The highest BCUT2D eigenvalue weighted by molar-refractivity contribution is 7.85. The third kappa shape index (κ3) is 4.02. The maximum absolute atomic E-state index is 11.9. The molecule has 10 heteroatoms. The number of hydrazone groups is 2. The van der Waals surface area contributed by atoms with Crippen molar-refractivity contribution in [1.82, 2.24) is 9.84 Å². The number of hydrogen-bond donors (Lipinski definition) is 1. The van der Waals surface area contributed by atoms with Crippen molar-refractivity contribution >= 4 is 35.1 Å². The second-order valence-electron chi connectivity index (χ2n) is 3.51. The van der Waals surface area contributed by atoms with Gasteiger partial charge in [-0.25, -0.2) is 19.2 Å². The van der Waals surface area contributed by atoms with Gasteiger partial charge in [0.05, 0.1) is 30.4 Å². The molecule has 2 atom stereocenters. The molecular weight excluding hydrogens is 288 g/mol. The highest BCUT2D eigenvalue weighted by Crippen LogP contribution is 2.15. The molecule has 0 radical (unpaired) electrons. The van der Waals surface area contributed by atoms with Crippen LogP contribution in [-0.4, -0.2) is 51.2 Å². The Labute approximate surface area is 118 Å². The summed E-state index contributed by atoms with van der Waals surface area (Å²) < 4.78 is 21.9. The van der Waals surface area contributed by atoms with E-state index in [-0.39, 0.29) is 18.9 Å². The molecule has 0 unspecified atom stereocenters. The van der Waals surface area contributed by atoms with Gasteiger partial charge >= 0.3 is 12.2 Å². The molecule has 0 aromatic rings. The average Bonchev–Trinajstić information content (AvgIpc) is 2.68. The van der Waals surface area contributed by atoms with Crippen molar-refractivity contribution in [3.63, 3.8) is 0 Å². The maximum atomic E-state index is 11.9. The average molecular weight is 304 g/mol. The Morgan fingerprint density at radius 3 is 2.70 bits per heavy atom. The maximum Gasteiger partial charge on any atom is 0.443 e. The van der Waals surface area contributed by atoms with Crippen molar-refractivity contribution in [3.05, 3.63) is 0 Å². The van der Waals surface area contributed by atoms with Crippen LogP contribution in [0.2, 0.25) is 0 Å². The molecule has 0 aromatic carbocycles. The lowest BCUT2D eigenvalue weighted by Crippen LogP contribution is -2.29. The van der Waals surface area contributed by atoms with Gasteiger partial charge in [0.2, 0.25) is 0 Å². The van der Waals surface area contributed by atoms with E-state index in [9.17, 15) is 13.8 Å². The largest absolute Gasteiger partial charge is 0.449 e. The molecule has 0 aliphatic carbocycles. The third-order valence-electron chi connectivity index (χ3n) is 2.15. The standard InChI is InChI=1S/C10H16N4O5S/c1-4-18-9(15)12-11-6-8-7(3)20(17)14(13-8)10(16)19-5-2/h6-7H,4-5H2,1-3H3,(H,12,15)/b11-6-/t7-,20-/m1/s1. The van der Waals surface area contributed by atoms with E-state index in [4.69, 9.17) is 4.74 Å². The van der Waals surface area contributed by atoms with Crippen LogP contribution < -0.4 is 5.43 Å². The number of hydrogen-bond acceptors (Lipinski definition) is 7. The second-order valence-corrected chi connectivity index (χ2v) is 5.11. The molecule has 20 heavy (non-hydrogen) atoms. The lowest BCUT2D eigenvalue weighted by molar-refractivity contribution is 0.133. The van der Waals surface area contributed by atoms with Gasteiger partial charge in [-0.15, -0.1) is 4.41 Å². The Morgan fingerprint density at radius 2 is 2.10 bits per heavy atom. The highest BCUT2D eigenvalue weighted by Gasteiger charge is 2.35. The van der Waals surface area contributed by atoms with E-state index in [1.54, 1.807) is 20.8 Å². The summed E-state index contributed by atoms with van der Waals surface area (Å²) >= 11 is 0. The summed E-state index contributed by atoms with van der Waals surface area (Å²) in [7, 11) is -1.66. The molecule has 0 saturated carbocycles. The van der Waals surface area contributed by atoms with Crippen molar-refractivity contribution in [2.45, 2.75) is 26.0 Å². The summed E-state index contributed by atoms with van der Waals surface area (Å²) in [4.78, 5) is 22.5. The van der Waals surface area contributed by atoms with Crippen LogP contribution in [-0.2, 0) is 20.5 Å². The van der Waals surface area contributed by atoms with Gasteiger partial charge in [-0.2, -0.15) is 10.2 Å². The molecule has 0 spiro atoms. The monoisotopic (exact) mass is 304 g/mol. The molecule has 1 aliphatic rings. The van der Waals surface area contributed by atoms with E-state index < -0.39 is 28.4 Å². The number of ether oxygens (including phenoxy) is 2. The number of nitrogens with zero attached hydrogens (tertiary/aromatic N) is 3. The Bertz CT molecular complexity index is 465. The molecule has 9 nitrogen and oxygen atoms in total. The van der Waals surface area contributed by atoms with Gasteiger partial charge in [0.1, 0.15) is 0 Å². The smallest absolute Gasteiger partial charge is 0.443 e. The minimum atomic E-state index is -1.66. The minimum Gasteiger partial charge on any atom is -0.449 e. The van der Waals surface area contributed by atoms with Crippen LogP contribution >= 0.6 is 0 Å². The summed E-state index contributed by atoms with van der Waals surface area (Å²) in [5.74, 6) is 0. The van der Waals surface area contributed by atoms with Crippen molar-refractivity contribution in [2.75, 3.05) is 13.2 Å². The van der Waals surface area contributed by atoms with Crippen molar-refractivity contribution < 1.29 is 23.3 Å². The van der Waals surface area contributed by atoms with Crippen LogP contribution in [0, 0.1) is 0 Å². The fourth-order valence-corrected chi connectivity index (χ4v) is 2.21. The van der Waals surface area contributed by atoms with E-state index in [1.165, 1.54) is 6.21 Å². The number of rotatable bonds is 4. The van der Waals surface area contributed by atoms with E-state index in [2.05, 4.69) is 20.4 Å². The van der Waals surface area contributed by atoms with Gasteiger partial charge in [-0.1, -0.05) is 0 Å². The molecule has 2 amide bonds. The molecule has 1 N–H and O–H groups in total. The molecule has 0 bridgehead atoms. The van der Waals surface area contributed by atoms with Crippen LogP contribution in [0.1, 0.15) is 20.8 Å². The van der Waals surface area contributed by atoms with E-state index in [1.807, 2.05) is 0 Å². The first-order valence-corrected chi connectivity index (χ1v) is 7.10. The Balaban J connectivity index is 2.67. The fraction of sp³-hybridized carbons (Fsp3) is 0.600. The van der Waals surface area contributed by atoms with Gasteiger partial charge in [-0.05, 0) is 20.8 Å². The quantitative estimate of drug-likeness (QED) is 0.604. The molecule has 1 rings (SSSR count). The summed E-state index contributed by atoms with van der Waals surface area (Å²) in [6, 6.07) is 0. The molecular formula is C10H16N4O5S. The zero-order valence-electron chi connectivity index (χ0n) is 11.4. The number of carbonyl (C=O) groups excluding carboxylic acids is 2. The van der Waals surface area contributed by atoms with Gasteiger partial charge in [0, 0.05) is 0 Å². The summed E-state index contributed by atoms with van der Waals surface area (Å²) in [6.07, 6.45) is -0.295. The van der Waals surface area contributed by atoms with Gasteiger partial charge in [0.25, 0.3) is 0 Å². The second kappa shape index (κ2) is 7.58. The van der Waals surface area contributed by atoms with Crippen molar-refractivity contribution in [3.8, 4) is 0 Å². The first-order chi connectivity index (χ1) is 9.51. The van der Waals surface area contributed by atoms with Crippen LogP contribution in [0.15, 0.2) is 10.2 Å². The Hall–Kier alpha value is -1.97. The summed E-state index contributed by atoms with van der Waals surface area (Å²) in [5.41, 5.74) is 2.39. The predicted molar refractivity (Wildman–Crippen MR) is 72.6 cm³/mol. The number of carbonyl (C=O) groups is 2. The first-order valence-electron chi connectivity index (χ1n) is 5.93. The van der Waals surface area contributed by atoms with Gasteiger partial charge in [0.15, 0.2) is 11.0 Å². The van der Waals surface area contributed by atoms with E-state index >= 15 is 0 Å². The molecule has 0 fully saturated rings. The highest BCUT2D eigenvalue weighted by atomic mass is 32.2. The van der Waals surface area contributed by atoms with Crippen LogP contribution in [0.3, 0.4) is 0 Å². The van der Waals surface area contributed by atoms with Crippen molar-refractivity contribution in [2.24, 2.45) is 10.2 Å². The molecule has 112 valence electrons. The van der Waals surface area contributed by atoms with E-state index in [0.29, 0.717) is 0 Å². The Morgan fingerprint density at radius 1 is 1.45 bits per heavy atom. The summed E-state index contributed by atoms with van der Waals surface area (Å²) in [6.45, 7) is 5.29. The van der Waals surface area contributed by atoms with Crippen LogP contribution in [0.25, 0.3) is 0 Å². The zero-order valence-corrected chi connectivity index (χ0v) is 12.2. The van der Waals surface area contributed by atoms with Crippen LogP contribution in [0.5, 0.6) is 0 Å². The van der Waals surface area contributed by atoms with Crippen molar-refractivity contribution in [1.29, 1.82) is 0 Å². The normalized spacial score (nSPS) is 21.8.